The molecule has 4 nitrogen and oxygen atoms in total. The Morgan fingerprint density at radius 2 is 2.00 bits per heavy atom. The molecule has 4 heteroatoms. The molecule has 0 amide bonds. The third-order valence-corrected chi connectivity index (χ3v) is 1.55. The molecule has 0 aromatic rings. The molecule has 0 spiro atoms. The quantitative estimate of drug-likeness (QED) is 0.416. The van der Waals surface area contributed by atoms with Gasteiger partial charge in [-0.2, -0.15) is 0 Å². The van der Waals surface area contributed by atoms with Gasteiger partial charge in [0.05, 0.1) is 25.7 Å². The molecule has 0 bridgehead atoms. The molecule has 0 aliphatic heterocycles. The van der Waals surface area contributed by atoms with Crippen LogP contribution in [0.2, 0.25) is 0 Å². The summed E-state index contributed by atoms with van der Waals surface area (Å²) < 4.78 is 10.4. The molecular weight excluding hydrogens is 170 g/mol. The van der Waals surface area contributed by atoms with Crippen LogP contribution < -0.4 is 5.73 Å². The van der Waals surface area contributed by atoms with Crippen molar-refractivity contribution in [3.05, 3.63) is 0 Å². The van der Waals surface area contributed by atoms with Gasteiger partial charge in [0.2, 0.25) is 0 Å². The Bertz CT molecular complexity index is 119. The molecule has 0 fully saturated rings. The first-order valence-corrected chi connectivity index (χ1v) is 4.66. The molecule has 2 N–H and O–H groups in total. The summed E-state index contributed by atoms with van der Waals surface area (Å²) in [6.45, 7) is 4.68. The highest BCUT2D eigenvalue weighted by molar-refractivity contribution is 5.53. The second-order valence-electron chi connectivity index (χ2n) is 2.82. The number of carbonyl (C=O) groups excluding carboxylic acids is 1. The smallest absolute Gasteiger partial charge is 0.126 e. The molecule has 78 valence electrons. The maximum atomic E-state index is 10.3. The number of hydrogen-bond acceptors (Lipinski definition) is 4. The van der Waals surface area contributed by atoms with Crippen molar-refractivity contribution in [1.29, 1.82) is 0 Å². The van der Waals surface area contributed by atoms with Crippen molar-refractivity contribution in [2.24, 2.45) is 11.7 Å². The summed E-state index contributed by atoms with van der Waals surface area (Å²) in [7, 11) is 0. The Morgan fingerprint density at radius 1 is 1.31 bits per heavy atom. The molecular formula is C9H19NO3. The van der Waals surface area contributed by atoms with Crippen molar-refractivity contribution in [1.82, 2.24) is 0 Å². The van der Waals surface area contributed by atoms with Crippen LogP contribution in [0, 0.1) is 5.92 Å². The second-order valence-corrected chi connectivity index (χ2v) is 2.82. The minimum Gasteiger partial charge on any atom is -0.379 e. The van der Waals surface area contributed by atoms with E-state index in [9.17, 15) is 4.79 Å². The Hall–Kier alpha value is -0.450. The third kappa shape index (κ3) is 7.90. The summed E-state index contributed by atoms with van der Waals surface area (Å²) in [6, 6.07) is 0. The summed E-state index contributed by atoms with van der Waals surface area (Å²) in [4.78, 5) is 10.3. The van der Waals surface area contributed by atoms with Crippen LogP contribution in [0.1, 0.15) is 13.3 Å². The molecule has 0 aromatic carbocycles. The Balaban J connectivity index is 3.10. The minimum atomic E-state index is -0.175. The largest absolute Gasteiger partial charge is 0.379 e. The molecule has 0 saturated carbocycles. The summed E-state index contributed by atoms with van der Waals surface area (Å²) >= 11 is 0. The lowest BCUT2D eigenvalue weighted by molar-refractivity contribution is -0.112. The molecule has 0 aliphatic rings. The fourth-order valence-electron chi connectivity index (χ4n) is 0.762. The maximum absolute atomic E-state index is 10.3. The van der Waals surface area contributed by atoms with E-state index in [2.05, 4.69) is 6.92 Å². The standard InChI is InChI=1S/C9H19NO3/c1-2-3-12-4-5-13-8-9(6-10)7-11/h7,9H,2-6,8,10H2,1H3. The van der Waals surface area contributed by atoms with E-state index >= 15 is 0 Å². The van der Waals surface area contributed by atoms with E-state index in [0.717, 1.165) is 19.3 Å². The topological polar surface area (TPSA) is 61.5 Å². The van der Waals surface area contributed by atoms with Gasteiger partial charge in [0.1, 0.15) is 6.29 Å². The lowest BCUT2D eigenvalue weighted by atomic mass is 10.2. The highest BCUT2D eigenvalue weighted by Gasteiger charge is 2.03. The van der Waals surface area contributed by atoms with Crippen molar-refractivity contribution in [3.63, 3.8) is 0 Å². The van der Waals surface area contributed by atoms with E-state index in [0.29, 0.717) is 26.4 Å². The zero-order chi connectivity index (χ0) is 9.94. The fraction of sp³-hybridized carbons (Fsp3) is 0.889. The summed E-state index contributed by atoms with van der Waals surface area (Å²) in [5, 5.41) is 0. The predicted octanol–water partition coefficient (Wildman–Crippen LogP) is 0.203. The molecule has 1 atom stereocenters. The van der Waals surface area contributed by atoms with E-state index in [1.54, 1.807) is 0 Å². The lowest BCUT2D eigenvalue weighted by Crippen LogP contribution is -2.22. The van der Waals surface area contributed by atoms with Crippen LogP contribution >= 0.6 is 0 Å². The highest BCUT2D eigenvalue weighted by Crippen LogP contribution is 1.90. The zero-order valence-corrected chi connectivity index (χ0v) is 8.20. The van der Waals surface area contributed by atoms with Gasteiger partial charge < -0.3 is 20.0 Å². The van der Waals surface area contributed by atoms with Gasteiger partial charge >= 0.3 is 0 Å². The van der Waals surface area contributed by atoms with Gasteiger partial charge in [-0.05, 0) is 6.42 Å². The molecule has 0 saturated heterocycles. The van der Waals surface area contributed by atoms with Gasteiger partial charge in [-0.25, -0.2) is 0 Å². The van der Waals surface area contributed by atoms with Gasteiger partial charge in [0.25, 0.3) is 0 Å². The lowest BCUT2D eigenvalue weighted by Gasteiger charge is -2.08. The average molecular weight is 189 g/mol. The molecule has 0 aliphatic carbocycles. The van der Waals surface area contributed by atoms with Crippen molar-refractivity contribution in [2.45, 2.75) is 13.3 Å². The van der Waals surface area contributed by atoms with Crippen LogP contribution in [0.3, 0.4) is 0 Å². The number of aldehydes is 1. The van der Waals surface area contributed by atoms with Crippen LogP contribution in [0.15, 0.2) is 0 Å². The maximum Gasteiger partial charge on any atom is 0.126 e. The van der Waals surface area contributed by atoms with Crippen LogP contribution in [0.25, 0.3) is 0 Å². The molecule has 1 unspecified atom stereocenters. The molecule has 0 rings (SSSR count). The number of hydrogen-bond donors (Lipinski definition) is 1. The van der Waals surface area contributed by atoms with Gasteiger partial charge in [0.15, 0.2) is 0 Å². The summed E-state index contributed by atoms with van der Waals surface area (Å²) in [5.74, 6) is -0.175. The highest BCUT2D eigenvalue weighted by atomic mass is 16.5. The van der Waals surface area contributed by atoms with Crippen LogP contribution in [0.5, 0.6) is 0 Å². The molecule has 13 heavy (non-hydrogen) atoms. The van der Waals surface area contributed by atoms with E-state index in [1.165, 1.54) is 0 Å². The van der Waals surface area contributed by atoms with Crippen molar-refractivity contribution in [2.75, 3.05) is 33.0 Å². The molecule has 0 radical (unpaired) electrons. The first-order valence-electron chi connectivity index (χ1n) is 4.66. The van der Waals surface area contributed by atoms with Crippen molar-refractivity contribution < 1.29 is 14.3 Å². The van der Waals surface area contributed by atoms with Crippen molar-refractivity contribution >= 4 is 6.29 Å². The first-order chi connectivity index (χ1) is 6.35. The number of rotatable bonds is 9. The number of nitrogens with two attached hydrogens (primary N) is 1. The van der Waals surface area contributed by atoms with E-state index < -0.39 is 0 Å². The third-order valence-electron chi connectivity index (χ3n) is 1.55. The normalized spacial score (nSPS) is 12.8. The predicted molar refractivity (Wildman–Crippen MR) is 50.5 cm³/mol. The Kier molecular flexibility index (Phi) is 9.30. The van der Waals surface area contributed by atoms with Gasteiger partial charge in [-0.15, -0.1) is 0 Å². The van der Waals surface area contributed by atoms with Gasteiger partial charge in [-0.1, -0.05) is 6.92 Å². The number of carbonyl (C=O) groups is 1. The summed E-state index contributed by atoms with van der Waals surface area (Å²) in [5.41, 5.74) is 5.30. The van der Waals surface area contributed by atoms with Crippen LogP contribution in [0.4, 0.5) is 0 Å². The van der Waals surface area contributed by atoms with E-state index in [4.69, 9.17) is 15.2 Å². The molecule has 0 heterocycles. The monoisotopic (exact) mass is 189 g/mol. The SMILES string of the molecule is CCCOCCOCC(C=O)CN. The Morgan fingerprint density at radius 3 is 2.54 bits per heavy atom. The summed E-state index contributed by atoms with van der Waals surface area (Å²) in [6.07, 6.45) is 1.84. The van der Waals surface area contributed by atoms with Gasteiger partial charge in [-0.3, -0.25) is 0 Å². The Labute approximate surface area is 79.4 Å². The van der Waals surface area contributed by atoms with E-state index in [-0.39, 0.29) is 5.92 Å². The van der Waals surface area contributed by atoms with Gasteiger partial charge in [0, 0.05) is 13.2 Å². The average Bonchev–Trinajstić information content (AvgIpc) is 2.17. The van der Waals surface area contributed by atoms with Crippen LogP contribution in [-0.4, -0.2) is 39.3 Å². The van der Waals surface area contributed by atoms with E-state index in [1.807, 2.05) is 0 Å². The second kappa shape index (κ2) is 9.64. The fourth-order valence-corrected chi connectivity index (χ4v) is 0.762. The minimum absolute atomic E-state index is 0.175. The van der Waals surface area contributed by atoms with Crippen LogP contribution in [-0.2, 0) is 14.3 Å². The first kappa shape index (κ1) is 12.6. The van der Waals surface area contributed by atoms with Crippen molar-refractivity contribution in [3.8, 4) is 0 Å². The number of ether oxygens (including phenoxy) is 2. The zero-order valence-electron chi connectivity index (χ0n) is 8.20. The molecule has 0 aromatic heterocycles.